The number of rotatable bonds is 8. The summed E-state index contributed by atoms with van der Waals surface area (Å²) in [6.07, 6.45) is 3.42. The second-order valence-electron chi connectivity index (χ2n) is 7.09. The first-order chi connectivity index (χ1) is 15.3. The number of anilines is 1. The molecule has 32 heavy (non-hydrogen) atoms. The van der Waals surface area contributed by atoms with E-state index in [2.05, 4.69) is 10.3 Å². The van der Waals surface area contributed by atoms with Gasteiger partial charge in [-0.25, -0.2) is 8.42 Å². The second kappa shape index (κ2) is 10.4. The number of nitrogens with zero attached hydrogens (tertiary/aromatic N) is 2. The fraction of sp³-hybridized carbons (Fsp3) is 0.381. The summed E-state index contributed by atoms with van der Waals surface area (Å²) in [5.74, 6) is -0.564. The number of hydrogen-bond donors (Lipinski definition) is 1. The van der Waals surface area contributed by atoms with Crippen molar-refractivity contribution in [1.82, 2.24) is 9.29 Å². The molecular weight excluding hydrogens is 438 g/mol. The van der Waals surface area contributed by atoms with Gasteiger partial charge in [-0.05, 0) is 37.1 Å². The van der Waals surface area contributed by atoms with Crippen LogP contribution in [0.1, 0.15) is 12.8 Å². The number of pyridine rings is 1. The lowest BCUT2D eigenvalue weighted by atomic mass is 9.98. The summed E-state index contributed by atoms with van der Waals surface area (Å²) in [7, 11) is -0.678. The molecule has 172 valence electrons. The van der Waals surface area contributed by atoms with Gasteiger partial charge in [0.15, 0.2) is 6.61 Å². The highest BCUT2D eigenvalue weighted by Gasteiger charge is 2.33. The number of nitrogens with one attached hydrogen (secondary N) is 1. The van der Waals surface area contributed by atoms with Gasteiger partial charge in [-0.2, -0.15) is 4.31 Å². The highest BCUT2D eigenvalue weighted by molar-refractivity contribution is 7.89. The summed E-state index contributed by atoms with van der Waals surface area (Å²) in [5, 5.41) is 2.62. The Morgan fingerprint density at radius 1 is 1.16 bits per heavy atom. The summed E-state index contributed by atoms with van der Waals surface area (Å²) in [6.45, 7) is -0.0954. The molecule has 11 heteroatoms. The zero-order valence-corrected chi connectivity index (χ0v) is 18.6. The Kier molecular flexibility index (Phi) is 7.65. The molecule has 1 saturated heterocycles. The zero-order valence-electron chi connectivity index (χ0n) is 17.8. The van der Waals surface area contributed by atoms with E-state index in [-0.39, 0.29) is 18.0 Å². The minimum atomic E-state index is -3.65. The third kappa shape index (κ3) is 5.54. The van der Waals surface area contributed by atoms with Crippen molar-refractivity contribution < 1.29 is 32.2 Å². The van der Waals surface area contributed by atoms with Crippen LogP contribution in [0.15, 0.2) is 47.6 Å². The van der Waals surface area contributed by atoms with Gasteiger partial charge in [-0.15, -0.1) is 0 Å². The van der Waals surface area contributed by atoms with E-state index in [1.54, 1.807) is 24.3 Å². The number of methoxy groups -OCH3 is 2. The molecule has 0 radical (unpaired) electrons. The third-order valence-electron chi connectivity index (χ3n) is 5.09. The minimum absolute atomic E-state index is 0.116. The first-order valence-corrected chi connectivity index (χ1v) is 11.4. The number of amides is 1. The van der Waals surface area contributed by atoms with Gasteiger partial charge in [0.2, 0.25) is 10.0 Å². The van der Waals surface area contributed by atoms with Crippen LogP contribution in [0.2, 0.25) is 0 Å². The van der Waals surface area contributed by atoms with E-state index in [9.17, 15) is 18.0 Å². The number of aromatic nitrogens is 1. The van der Waals surface area contributed by atoms with Gasteiger partial charge in [0.1, 0.15) is 16.4 Å². The molecule has 1 aromatic carbocycles. The lowest BCUT2D eigenvalue weighted by molar-refractivity contribution is -0.152. The number of piperidine rings is 1. The van der Waals surface area contributed by atoms with Crippen LogP contribution >= 0.6 is 0 Å². The molecule has 0 spiro atoms. The summed E-state index contributed by atoms with van der Waals surface area (Å²) in [6, 6.07) is 7.97. The van der Waals surface area contributed by atoms with Crippen LogP contribution in [0.3, 0.4) is 0 Å². The molecule has 0 bridgehead atoms. The number of hydrogen-bond acceptors (Lipinski definition) is 8. The van der Waals surface area contributed by atoms with Crippen molar-refractivity contribution >= 4 is 27.6 Å². The van der Waals surface area contributed by atoms with Gasteiger partial charge in [0.25, 0.3) is 5.91 Å². The zero-order chi connectivity index (χ0) is 23.1. The largest absolute Gasteiger partial charge is 0.497 e. The summed E-state index contributed by atoms with van der Waals surface area (Å²) in [5.41, 5.74) is 0.391. The third-order valence-corrected chi connectivity index (χ3v) is 6.97. The number of benzene rings is 1. The second-order valence-corrected chi connectivity index (χ2v) is 9.03. The molecule has 1 N–H and O–H groups in total. The smallest absolute Gasteiger partial charge is 0.309 e. The Morgan fingerprint density at radius 3 is 2.53 bits per heavy atom. The number of ether oxygens (including phenoxy) is 3. The molecule has 10 nitrogen and oxygen atoms in total. The number of esters is 1. The van der Waals surface area contributed by atoms with Crippen molar-refractivity contribution in [3.8, 4) is 11.5 Å². The highest BCUT2D eigenvalue weighted by atomic mass is 32.2. The van der Waals surface area contributed by atoms with Crippen LogP contribution < -0.4 is 14.8 Å². The van der Waals surface area contributed by atoms with E-state index < -0.39 is 34.4 Å². The van der Waals surface area contributed by atoms with Crippen LogP contribution in [-0.2, 0) is 24.3 Å². The molecule has 2 heterocycles. The van der Waals surface area contributed by atoms with Crippen LogP contribution in [-0.4, -0.2) is 63.5 Å². The van der Waals surface area contributed by atoms with Crippen LogP contribution in [0.5, 0.6) is 11.5 Å². The quantitative estimate of drug-likeness (QED) is 0.587. The van der Waals surface area contributed by atoms with Gasteiger partial charge in [0.05, 0.1) is 25.8 Å². The van der Waals surface area contributed by atoms with E-state index in [4.69, 9.17) is 14.2 Å². The van der Waals surface area contributed by atoms with Crippen molar-refractivity contribution in [2.75, 3.05) is 39.2 Å². The summed E-state index contributed by atoms with van der Waals surface area (Å²) < 4.78 is 42.1. The maximum Gasteiger partial charge on any atom is 0.309 e. The predicted octanol–water partition coefficient (Wildman–Crippen LogP) is 1.68. The number of carbonyl (C=O) groups is 2. The number of sulfonamides is 1. The molecule has 2 aromatic rings. The Hall–Kier alpha value is -3.18. The molecule has 0 atom stereocenters. The van der Waals surface area contributed by atoms with E-state index in [0.29, 0.717) is 30.0 Å². The maximum atomic E-state index is 12.6. The molecule has 0 saturated carbocycles. The van der Waals surface area contributed by atoms with E-state index in [1.807, 2.05) is 0 Å². The van der Waals surface area contributed by atoms with Gasteiger partial charge >= 0.3 is 5.97 Å². The van der Waals surface area contributed by atoms with E-state index >= 15 is 0 Å². The lowest BCUT2D eigenvalue weighted by Crippen LogP contribution is -2.41. The predicted molar refractivity (Wildman–Crippen MR) is 115 cm³/mol. The van der Waals surface area contributed by atoms with Crippen LogP contribution in [0.4, 0.5) is 5.69 Å². The molecule has 1 amide bonds. The summed E-state index contributed by atoms with van der Waals surface area (Å²) >= 11 is 0. The fourth-order valence-electron chi connectivity index (χ4n) is 3.33. The first-order valence-electron chi connectivity index (χ1n) is 9.94. The molecule has 1 fully saturated rings. The average molecular weight is 464 g/mol. The van der Waals surface area contributed by atoms with Crippen LogP contribution in [0, 0.1) is 5.92 Å². The van der Waals surface area contributed by atoms with Gasteiger partial charge in [-0.3, -0.25) is 14.6 Å². The van der Waals surface area contributed by atoms with E-state index in [0.717, 1.165) is 0 Å². The minimum Gasteiger partial charge on any atom is -0.497 e. The van der Waals surface area contributed by atoms with Crippen molar-refractivity contribution in [2.45, 2.75) is 17.7 Å². The molecule has 0 unspecified atom stereocenters. The Morgan fingerprint density at radius 2 is 1.91 bits per heavy atom. The Bertz CT molecular complexity index is 1050. The fourth-order valence-corrected chi connectivity index (χ4v) is 4.77. The van der Waals surface area contributed by atoms with Crippen molar-refractivity contribution in [3.63, 3.8) is 0 Å². The molecule has 3 rings (SSSR count). The monoisotopic (exact) mass is 463 g/mol. The Balaban J connectivity index is 1.50. The standard InChI is InChI=1S/C21H25N3O7S/c1-29-16-5-6-19(30-2)18(12-16)23-20(25)14-31-21(26)15-7-10-24(11-8-15)32(27,28)17-4-3-9-22-13-17/h3-6,9,12-13,15H,7-8,10-11,14H2,1-2H3,(H,23,25). The molecule has 1 aliphatic heterocycles. The van der Waals surface area contributed by atoms with Gasteiger partial charge in [0, 0.05) is 31.5 Å². The normalized spacial score (nSPS) is 15.1. The molecular formula is C21H25N3O7S. The first kappa shape index (κ1) is 23.5. The van der Waals surface area contributed by atoms with Crippen LogP contribution in [0.25, 0.3) is 0 Å². The van der Waals surface area contributed by atoms with Crippen molar-refractivity contribution in [2.24, 2.45) is 5.92 Å². The van der Waals surface area contributed by atoms with Gasteiger partial charge in [-0.1, -0.05) is 0 Å². The molecule has 1 aliphatic rings. The topological polar surface area (TPSA) is 124 Å². The highest BCUT2D eigenvalue weighted by Crippen LogP contribution is 2.29. The summed E-state index contributed by atoms with van der Waals surface area (Å²) in [4.78, 5) is 28.6. The molecule has 0 aliphatic carbocycles. The lowest BCUT2D eigenvalue weighted by Gasteiger charge is -2.29. The number of carbonyl (C=O) groups excluding carboxylic acids is 2. The Labute approximate surface area is 186 Å². The average Bonchev–Trinajstić information content (AvgIpc) is 2.83. The maximum absolute atomic E-state index is 12.6. The van der Waals surface area contributed by atoms with Gasteiger partial charge < -0.3 is 19.5 Å². The van der Waals surface area contributed by atoms with Crippen molar-refractivity contribution in [1.29, 1.82) is 0 Å². The van der Waals surface area contributed by atoms with E-state index in [1.165, 1.54) is 37.0 Å². The van der Waals surface area contributed by atoms with Crippen molar-refractivity contribution in [3.05, 3.63) is 42.7 Å². The SMILES string of the molecule is COc1ccc(OC)c(NC(=O)COC(=O)C2CCN(S(=O)(=O)c3cccnc3)CC2)c1. The molecule has 1 aromatic heterocycles.